The maximum Gasteiger partial charge on any atom is 0.0593 e. The molecule has 1 unspecified atom stereocenters. The zero-order valence-electron chi connectivity index (χ0n) is 8.55. The van der Waals surface area contributed by atoms with Crippen LogP contribution in [0.25, 0.3) is 0 Å². The maximum absolute atomic E-state index is 5.64. The molecule has 0 rings (SSSR count). The molecular weight excluding hydrogens is 152 g/mol. The predicted molar refractivity (Wildman–Crippen MR) is 52.3 cm³/mol. The summed E-state index contributed by atoms with van der Waals surface area (Å²) in [6.07, 6.45) is 1.09. The number of hydrogen-bond donors (Lipinski definition) is 1. The Morgan fingerprint density at radius 2 is 2.08 bits per heavy atom. The van der Waals surface area contributed by atoms with Crippen LogP contribution in [0, 0.1) is 0 Å². The average Bonchev–Trinajstić information content (AvgIpc) is 1.97. The quantitative estimate of drug-likeness (QED) is 0.577. The second-order valence-electron chi connectivity index (χ2n) is 3.35. The minimum atomic E-state index is 0.251. The van der Waals surface area contributed by atoms with E-state index in [4.69, 9.17) is 10.5 Å². The third-order valence-electron chi connectivity index (χ3n) is 1.57. The Bertz CT molecular complexity index is 96.5. The van der Waals surface area contributed by atoms with E-state index in [1.807, 2.05) is 6.92 Å². The second-order valence-corrected chi connectivity index (χ2v) is 3.35. The first-order valence-electron chi connectivity index (χ1n) is 4.68. The van der Waals surface area contributed by atoms with Gasteiger partial charge in [-0.3, -0.25) is 0 Å². The van der Waals surface area contributed by atoms with E-state index >= 15 is 0 Å². The number of ether oxygens (including phenoxy) is 1. The summed E-state index contributed by atoms with van der Waals surface area (Å²) in [5.74, 6) is 0. The van der Waals surface area contributed by atoms with Crippen molar-refractivity contribution in [2.45, 2.75) is 26.3 Å². The van der Waals surface area contributed by atoms with Gasteiger partial charge >= 0.3 is 0 Å². The van der Waals surface area contributed by atoms with E-state index in [9.17, 15) is 0 Å². The zero-order chi connectivity index (χ0) is 9.40. The molecule has 1 atom stereocenters. The van der Waals surface area contributed by atoms with Gasteiger partial charge in [0.15, 0.2) is 0 Å². The van der Waals surface area contributed by atoms with Crippen molar-refractivity contribution in [2.75, 3.05) is 33.4 Å². The monoisotopic (exact) mass is 174 g/mol. The molecular formula is C9H22N2O. The molecule has 0 amide bonds. The van der Waals surface area contributed by atoms with E-state index in [0.29, 0.717) is 0 Å². The van der Waals surface area contributed by atoms with Gasteiger partial charge in [-0.1, -0.05) is 6.92 Å². The summed E-state index contributed by atoms with van der Waals surface area (Å²) in [5, 5.41) is 0. The molecule has 2 N–H and O–H groups in total. The highest BCUT2D eigenvalue weighted by molar-refractivity contribution is 4.59. The lowest BCUT2D eigenvalue weighted by atomic mass is 10.3. The van der Waals surface area contributed by atoms with Crippen LogP contribution in [0.15, 0.2) is 0 Å². The number of nitrogens with zero attached hydrogens (tertiary/aromatic N) is 1. The molecule has 0 aliphatic rings. The summed E-state index contributed by atoms with van der Waals surface area (Å²) in [4.78, 5) is 2.19. The van der Waals surface area contributed by atoms with Crippen molar-refractivity contribution in [3.05, 3.63) is 0 Å². The van der Waals surface area contributed by atoms with Crippen LogP contribution in [0.3, 0.4) is 0 Å². The molecule has 0 spiro atoms. The molecule has 0 heterocycles. The third kappa shape index (κ3) is 7.98. The van der Waals surface area contributed by atoms with Crippen molar-refractivity contribution in [2.24, 2.45) is 5.73 Å². The first kappa shape index (κ1) is 11.9. The fourth-order valence-electron chi connectivity index (χ4n) is 1.05. The lowest BCUT2D eigenvalue weighted by molar-refractivity contribution is 0.111. The Morgan fingerprint density at radius 3 is 2.58 bits per heavy atom. The summed E-state index contributed by atoms with van der Waals surface area (Å²) in [7, 11) is 2.07. The van der Waals surface area contributed by atoms with E-state index in [-0.39, 0.29) is 6.04 Å². The fourth-order valence-corrected chi connectivity index (χ4v) is 1.05. The average molecular weight is 174 g/mol. The van der Waals surface area contributed by atoms with Gasteiger partial charge in [-0.25, -0.2) is 0 Å². The summed E-state index contributed by atoms with van der Waals surface area (Å²) in [6, 6.07) is 0.251. The van der Waals surface area contributed by atoms with Crippen molar-refractivity contribution >= 4 is 0 Å². The van der Waals surface area contributed by atoms with Gasteiger partial charge < -0.3 is 15.4 Å². The van der Waals surface area contributed by atoms with Crippen LogP contribution in [-0.4, -0.2) is 44.3 Å². The molecule has 0 aromatic rings. The van der Waals surface area contributed by atoms with Crippen molar-refractivity contribution in [1.82, 2.24) is 4.90 Å². The van der Waals surface area contributed by atoms with Gasteiger partial charge in [0.2, 0.25) is 0 Å². The Balaban J connectivity index is 3.14. The summed E-state index contributed by atoms with van der Waals surface area (Å²) in [6.45, 7) is 7.73. The van der Waals surface area contributed by atoms with E-state index in [1.165, 1.54) is 0 Å². The maximum atomic E-state index is 5.64. The van der Waals surface area contributed by atoms with Crippen LogP contribution >= 0.6 is 0 Å². The van der Waals surface area contributed by atoms with Crippen molar-refractivity contribution in [3.8, 4) is 0 Å². The number of nitrogens with two attached hydrogens (primary N) is 1. The summed E-state index contributed by atoms with van der Waals surface area (Å²) >= 11 is 0. The van der Waals surface area contributed by atoms with Gasteiger partial charge in [0.25, 0.3) is 0 Å². The summed E-state index contributed by atoms with van der Waals surface area (Å²) in [5.41, 5.74) is 5.64. The molecule has 0 fully saturated rings. The standard InChI is InChI=1S/C9H22N2O/c1-4-6-12-7-5-11(3)8-9(2)10/h9H,4-8,10H2,1-3H3. The molecule has 0 saturated heterocycles. The van der Waals surface area contributed by atoms with Crippen molar-refractivity contribution in [3.63, 3.8) is 0 Å². The van der Waals surface area contributed by atoms with Gasteiger partial charge in [0.1, 0.15) is 0 Å². The zero-order valence-corrected chi connectivity index (χ0v) is 8.55. The topological polar surface area (TPSA) is 38.5 Å². The fraction of sp³-hybridized carbons (Fsp3) is 1.00. The van der Waals surface area contributed by atoms with Crippen molar-refractivity contribution in [1.29, 1.82) is 0 Å². The Hall–Kier alpha value is -0.120. The van der Waals surface area contributed by atoms with E-state index in [1.54, 1.807) is 0 Å². The van der Waals surface area contributed by atoms with Crippen LogP contribution in [0.2, 0.25) is 0 Å². The highest BCUT2D eigenvalue weighted by Crippen LogP contribution is 1.87. The number of rotatable bonds is 7. The van der Waals surface area contributed by atoms with Gasteiger partial charge in [0, 0.05) is 25.7 Å². The molecule has 74 valence electrons. The molecule has 3 heteroatoms. The molecule has 0 aliphatic heterocycles. The SMILES string of the molecule is CCCOCCN(C)CC(C)N. The van der Waals surface area contributed by atoms with Gasteiger partial charge in [-0.2, -0.15) is 0 Å². The van der Waals surface area contributed by atoms with Crippen LogP contribution in [0.1, 0.15) is 20.3 Å². The van der Waals surface area contributed by atoms with Gasteiger partial charge in [-0.05, 0) is 20.4 Å². The normalized spacial score (nSPS) is 13.8. The molecule has 0 aliphatic carbocycles. The molecule has 12 heavy (non-hydrogen) atoms. The Labute approximate surface area is 75.9 Å². The van der Waals surface area contributed by atoms with Gasteiger partial charge in [0.05, 0.1) is 6.61 Å². The van der Waals surface area contributed by atoms with Crippen LogP contribution in [0.5, 0.6) is 0 Å². The minimum Gasteiger partial charge on any atom is -0.380 e. The Morgan fingerprint density at radius 1 is 1.42 bits per heavy atom. The molecule has 0 radical (unpaired) electrons. The minimum absolute atomic E-state index is 0.251. The molecule has 3 nitrogen and oxygen atoms in total. The second kappa shape index (κ2) is 7.53. The highest BCUT2D eigenvalue weighted by Gasteiger charge is 2.00. The largest absolute Gasteiger partial charge is 0.380 e. The number of likely N-dealkylation sites (N-methyl/N-ethyl adjacent to an activating group) is 1. The molecule has 0 aromatic heterocycles. The van der Waals surface area contributed by atoms with E-state index in [0.717, 1.165) is 32.7 Å². The molecule has 0 aromatic carbocycles. The third-order valence-corrected chi connectivity index (χ3v) is 1.57. The van der Waals surface area contributed by atoms with E-state index < -0.39 is 0 Å². The lowest BCUT2D eigenvalue weighted by Gasteiger charge is -2.18. The predicted octanol–water partition coefficient (Wildman–Crippen LogP) is 0.692. The van der Waals surface area contributed by atoms with E-state index in [2.05, 4.69) is 18.9 Å². The smallest absolute Gasteiger partial charge is 0.0593 e. The van der Waals surface area contributed by atoms with Crippen LogP contribution in [0.4, 0.5) is 0 Å². The van der Waals surface area contributed by atoms with Crippen molar-refractivity contribution < 1.29 is 4.74 Å². The highest BCUT2D eigenvalue weighted by atomic mass is 16.5. The summed E-state index contributed by atoms with van der Waals surface area (Å²) < 4.78 is 5.35. The lowest BCUT2D eigenvalue weighted by Crippen LogP contribution is -2.34. The van der Waals surface area contributed by atoms with Crippen LogP contribution in [-0.2, 0) is 4.74 Å². The number of hydrogen-bond acceptors (Lipinski definition) is 3. The van der Waals surface area contributed by atoms with Crippen LogP contribution < -0.4 is 5.73 Å². The molecule has 0 bridgehead atoms. The van der Waals surface area contributed by atoms with Gasteiger partial charge in [-0.15, -0.1) is 0 Å². The Kier molecular flexibility index (Phi) is 7.45. The molecule has 0 saturated carbocycles. The first-order chi connectivity index (χ1) is 5.66. The first-order valence-corrected chi connectivity index (χ1v) is 4.68.